The summed E-state index contributed by atoms with van der Waals surface area (Å²) in [4.78, 5) is 16.0. The average Bonchev–Trinajstić information content (AvgIpc) is 3.14. The molecule has 8 atom stereocenters. The van der Waals surface area contributed by atoms with E-state index in [2.05, 4.69) is 16.9 Å². The van der Waals surface area contributed by atoms with Crippen molar-refractivity contribution < 1.29 is 38.7 Å². The second-order valence-corrected chi connectivity index (χ2v) is 12.8. The molecule has 0 amide bonds. The van der Waals surface area contributed by atoms with Crippen LogP contribution in [0.25, 0.3) is 10.4 Å². The monoisotopic (exact) mass is 679 g/mol. The van der Waals surface area contributed by atoms with Crippen LogP contribution in [0.2, 0.25) is 0 Å². The van der Waals surface area contributed by atoms with E-state index in [9.17, 15) is 20.5 Å². The van der Waals surface area contributed by atoms with E-state index in [1.54, 1.807) is 36.4 Å². The fraction of sp³-hybridized carbons (Fsp3) is 0.605. The van der Waals surface area contributed by atoms with E-state index >= 15 is 0 Å². The lowest BCUT2D eigenvalue weighted by molar-refractivity contribution is -0.361. The normalized spacial score (nSPS) is 24.9. The molecule has 0 spiro atoms. The maximum Gasteiger partial charge on any atom is 0.338 e. The SMILES string of the molecule is CCCCCCCCCCCCCC=C[C@@H](OC(=O)c1ccccc1)[C@H](CO[C@H]1O[C@@H]2COC(c3ccccc3)O[C@H]2[C@H](O)[C@@H]1O)N=[N+]=[N-]. The topological polar surface area (TPSA) is 152 Å². The van der Waals surface area contributed by atoms with Gasteiger partial charge in [0.25, 0.3) is 0 Å². The molecule has 0 radical (unpaired) electrons. The van der Waals surface area contributed by atoms with E-state index in [0.717, 1.165) is 24.8 Å². The Bertz CT molecular complexity index is 1290. The fourth-order valence-electron chi connectivity index (χ4n) is 6.12. The first-order valence-corrected chi connectivity index (χ1v) is 17.9. The maximum absolute atomic E-state index is 13.0. The van der Waals surface area contributed by atoms with Crippen molar-refractivity contribution in [3.8, 4) is 0 Å². The molecule has 11 nitrogen and oxygen atoms in total. The molecule has 268 valence electrons. The number of nitrogens with zero attached hydrogens (tertiary/aromatic N) is 3. The molecule has 2 aromatic carbocycles. The summed E-state index contributed by atoms with van der Waals surface area (Å²) in [5.74, 6) is -0.570. The molecule has 2 saturated heterocycles. The summed E-state index contributed by atoms with van der Waals surface area (Å²) in [5, 5.41) is 25.8. The van der Waals surface area contributed by atoms with E-state index in [0.29, 0.717) is 5.56 Å². The molecule has 2 aliphatic heterocycles. The van der Waals surface area contributed by atoms with Gasteiger partial charge in [-0.25, -0.2) is 4.79 Å². The second kappa shape index (κ2) is 21.7. The van der Waals surface area contributed by atoms with Gasteiger partial charge in [-0.05, 0) is 36.6 Å². The lowest BCUT2D eigenvalue weighted by atomic mass is 9.98. The molecule has 4 rings (SSSR count). The predicted molar refractivity (Wildman–Crippen MR) is 185 cm³/mol. The summed E-state index contributed by atoms with van der Waals surface area (Å²) >= 11 is 0. The van der Waals surface area contributed by atoms with E-state index in [4.69, 9.17) is 23.7 Å². The lowest BCUT2D eigenvalue weighted by Crippen LogP contribution is -2.62. The molecule has 0 saturated carbocycles. The zero-order chi connectivity index (χ0) is 34.7. The Morgan fingerprint density at radius 1 is 0.918 bits per heavy atom. The third-order valence-electron chi connectivity index (χ3n) is 8.97. The van der Waals surface area contributed by atoms with Crippen LogP contribution >= 0.6 is 0 Å². The van der Waals surface area contributed by atoms with Crippen LogP contribution in [-0.2, 0) is 23.7 Å². The number of carbonyl (C=O) groups excluding carboxylic acids is 1. The van der Waals surface area contributed by atoms with Gasteiger partial charge in [-0.15, -0.1) is 0 Å². The molecular formula is C38H53N3O8. The van der Waals surface area contributed by atoms with E-state index in [1.165, 1.54) is 57.8 Å². The maximum atomic E-state index is 13.0. The summed E-state index contributed by atoms with van der Waals surface area (Å²) in [5.41, 5.74) is 10.6. The van der Waals surface area contributed by atoms with Crippen molar-refractivity contribution in [3.63, 3.8) is 0 Å². The third kappa shape index (κ3) is 12.5. The molecule has 1 unspecified atom stereocenters. The van der Waals surface area contributed by atoms with E-state index < -0.39 is 55.1 Å². The number of rotatable bonds is 21. The van der Waals surface area contributed by atoms with Gasteiger partial charge >= 0.3 is 5.97 Å². The smallest absolute Gasteiger partial charge is 0.338 e. The standard InChI is InChI=1S/C38H53N3O8/c1-2-3-4-5-6-7-8-9-10-11-12-13-20-25-31(47-36(44)28-21-16-14-17-22-28)30(40-41-39)26-45-38-34(43)33(42)35-32(48-38)27-46-37(49-35)29-23-18-15-19-24-29/h14-25,30-35,37-38,42-43H,2-13,26-27H2,1H3/t30-,31+,32+,33+,34-,35+,37?,38-/m0/s1. The molecule has 2 N–H and O–H groups in total. The second-order valence-electron chi connectivity index (χ2n) is 12.8. The van der Waals surface area contributed by atoms with Gasteiger partial charge in [0.2, 0.25) is 0 Å². The number of benzene rings is 2. The van der Waals surface area contributed by atoms with Gasteiger partial charge < -0.3 is 33.9 Å². The summed E-state index contributed by atoms with van der Waals surface area (Å²) < 4.78 is 29.5. The quantitative estimate of drug-likeness (QED) is 0.0340. The zero-order valence-electron chi connectivity index (χ0n) is 28.6. The molecule has 11 heteroatoms. The van der Waals surface area contributed by atoms with Crippen molar-refractivity contribution in [3.05, 3.63) is 94.4 Å². The Hall–Kier alpha value is -3.28. The zero-order valence-corrected chi connectivity index (χ0v) is 28.6. The summed E-state index contributed by atoms with van der Waals surface area (Å²) in [6, 6.07) is 16.9. The highest BCUT2D eigenvalue weighted by Gasteiger charge is 2.49. The average molecular weight is 680 g/mol. The van der Waals surface area contributed by atoms with Crippen LogP contribution in [0.15, 0.2) is 77.9 Å². The predicted octanol–water partition coefficient (Wildman–Crippen LogP) is 7.73. The number of unbranched alkanes of at least 4 members (excludes halogenated alkanes) is 11. The minimum atomic E-state index is -1.45. The number of allylic oxidation sites excluding steroid dienone is 1. The molecule has 2 aromatic rings. The van der Waals surface area contributed by atoms with Crippen molar-refractivity contribution >= 4 is 5.97 Å². The van der Waals surface area contributed by atoms with Crippen LogP contribution in [0.5, 0.6) is 0 Å². The van der Waals surface area contributed by atoms with Gasteiger partial charge in [0.05, 0.1) is 18.8 Å². The molecule has 2 aliphatic rings. The number of aliphatic hydroxyl groups excluding tert-OH is 2. The number of fused-ring (bicyclic) bond motifs is 1. The molecular weight excluding hydrogens is 626 g/mol. The first-order chi connectivity index (χ1) is 24.0. The Balaban J connectivity index is 1.30. The Morgan fingerprint density at radius 2 is 1.55 bits per heavy atom. The molecule has 2 heterocycles. The van der Waals surface area contributed by atoms with Crippen LogP contribution in [0, 0.1) is 0 Å². The number of aliphatic hydroxyl groups is 2. The highest BCUT2D eigenvalue weighted by Crippen LogP contribution is 2.34. The fourth-order valence-corrected chi connectivity index (χ4v) is 6.12. The minimum absolute atomic E-state index is 0.104. The summed E-state index contributed by atoms with van der Waals surface area (Å²) in [6.45, 7) is 2.09. The first kappa shape index (κ1) is 38.5. The van der Waals surface area contributed by atoms with Crippen molar-refractivity contribution in [2.24, 2.45) is 5.11 Å². The van der Waals surface area contributed by atoms with Gasteiger partial charge in [0.15, 0.2) is 12.6 Å². The molecule has 49 heavy (non-hydrogen) atoms. The highest BCUT2D eigenvalue weighted by atomic mass is 16.8. The number of hydrogen-bond acceptors (Lipinski definition) is 9. The van der Waals surface area contributed by atoms with Gasteiger partial charge in [-0.3, -0.25) is 0 Å². The third-order valence-corrected chi connectivity index (χ3v) is 8.97. The molecule has 0 aliphatic carbocycles. The van der Waals surface area contributed by atoms with Crippen molar-refractivity contribution in [1.29, 1.82) is 0 Å². The van der Waals surface area contributed by atoms with Crippen LogP contribution in [0.1, 0.15) is 106 Å². The first-order valence-electron chi connectivity index (χ1n) is 17.9. The Kier molecular flexibility index (Phi) is 17.1. The molecule has 0 bridgehead atoms. The van der Waals surface area contributed by atoms with Gasteiger partial charge in [-0.2, -0.15) is 0 Å². The molecule has 2 fully saturated rings. The van der Waals surface area contributed by atoms with Gasteiger partial charge in [-0.1, -0.05) is 131 Å². The van der Waals surface area contributed by atoms with Crippen molar-refractivity contribution in [2.45, 2.75) is 133 Å². The Morgan fingerprint density at radius 3 is 2.20 bits per heavy atom. The van der Waals surface area contributed by atoms with E-state index in [-0.39, 0.29) is 13.2 Å². The lowest BCUT2D eigenvalue weighted by Gasteiger charge is -2.46. The Labute approximate surface area is 290 Å². The van der Waals surface area contributed by atoms with Crippen molar-refractivity contribution in [2.75, 3.05) is 13.2 Å². The highest BCUT2D eigenvalue weighted by molar-refractivity contribution is 5.89. The number of azide groups is 1. The number of hydrogen-bond donors (Lipinski definition) is 2. The number of esters is 1. The molecule has 0 aromatic heterocycles. The van der Waals surface area contributed by atoms with Crippen LogP contribution < -0.4 is 0 Å². The number of carbonyl (C=O) groups is 1. The van der Waals surface area contributed by atoms with E-state index in [1.807, 2.05) is 36.4 Å². The van der Waals surface area contributed by atoms with Gasteiger partial charge in [0, 0.05) is 10.5 Å². The van der Waals surface area contributed by atoms with Gasteiger partial charge in [0.1, 0.15) is 36.6 Å². The summed E-state index contributed by atoms with van der Waals surface area (Å²) in [6.07, 6.45) is 10.9. The number of ether oxygens (including phenoxy) is 5. The van der Waals surface area contributed by atoms with Crippen molar-refractivity contribution in [1.82, 2.24) is 0 Å². The minimum Gasteiger partial charge on any atom is -0.454 e. The van der Waals surface area contributed by atoms with Crippen LogP contribution in [-0.4, -0.2) is 72.2 Å². The van der Waals surface area contributed by atoms with Crippen LogP contribution in [0.4, 0.5) is 0 Å². The van der Waals surface area contributed by atoms with Crippen LogP contribution in [0.3, 0.4) is 0 Å². The summed E-state index contributed by atoms with van der Waals surface area (Å²) in [7, 11) is 0. The largest absolute Gasteiger partial charge is 0.454 e.